The first kappa shape index (κ1) is 13.5. The molecule has 0 saturated carbocycles. The van der Waals surface area contributed by atoms with Crippen LogP contribution in [0.15, 0.2) is 0 Å². The second kappa shape index (κ2) is 10.6. The van der Waals surface area contributed by atoms with E-state index in [0.29, 0.717) is 6.42 Å². The summed E-state index contributed by atoms with van der Waals surface area (Å²) < 4.78 is 0. The summed E-state index contributed by atoms with van der Waals surface area (Å²) in [4.78, 5) is 10.2. The molecule has 0 unspecified atom stereocenters. The second-order valence-electron chi connectivity index (χ2n) is 3.82. The molecule has 14 heavy (non-hydrogen) atoms. The van der Waals surface area contributed by atoms with Crippen LogP contribution in [0.5, 0.6) is 0 Å². The van der Waals surface area contributed by atoms with E-state index in [1.807, 2.05) is 0 Å². The molecule has 0 bridgehead atoms. The summed E-state index contributed by atoms with van der Waals surface area (Å²) in [6, 6.07) is 0. The third-order valence-corrected chi connectivity index (χ3v) is 2.38. The number of aliphatic carboxylic acids is 1. The van der Waals surface area contributed by atoms with Crippen LogP contribution in [-0.2, 0) is 4.79 Å². The molecule has 0 atom stereocenters. The minimum Gasteiger partial charge on any atom is -0.481 e. The lowest BCUT2D eigenvalue weighted by molar-refractivity contribution is -0.137. The molecule has 0 aromatic carbocycles. The molecular formula is C12H23O2. The molecule has 83 valence electrons. The van der Waals surface area contributed by atoms with E-state index in [0.717, 1.165) is 12.8 Å². The zero-order valence-electron chi connectivity index (χ0n) is 9.30. The first-order chi connectivity index (χ1) is 6.77. The van der Waals surface area contributed by atoms with E-state index >= 15 is 0 Å². The summed E-state index contributed by atoms with van der Waals surface area (Å²) in [6.45, 7) is 2.10. The van der Waals surface area contributed by atoms with Gasteiger partial charge in [-0.05, 0) is 12.8 Å². The highest BCUT2D eigenvalue weighted by atomic mass is 16.4. The van der Waals surface area contributed by atoms with Crippen molar-refractivity contribution in [2.45, 2.75) is 64.7 Å². The normalized spacial score (nSPS) is 10.4. The third-order valence-electron chi connectivity index (χ3n) is 2.38. The van der Waals surface area contributed by atoms with Gasteiger partial charge in [0, 0.05) is 6.42 Å². The molecule has 2 nitrogen and oxygen atoms in total. The zero-order chi connectivity index (χ0) is 10.6. The van der Waals surface area contributed by atoms with Gasteiger partial charge >= 0.3 is 5.97 Å². The number of carboxylic acid groups (broad SMARTS) is 1. The van der Waals surface area contributed by atoms with Crippen LogP contribution in [0.3, 0.4) is 0 Å². The predicted molar refractivity (Wildman–Crippen MR) is 59.2 cm³/mol. The number of hydrogen-bond donors (Lipinski definition) is 1. The van der Waals surface area contributed by atoms with E-state index in [9.17, 15) is 4.79 Å². The van der Waals surface area contributed by atoms with Gasteiger partial charge in [0.1, 0.15) is 0 Å². The lowest BCUT2D eigenvalue weighted by atomic mass is 10.1. The lowest BCUT2D eigenvalue weighted by Crippen LogP contribution is -1.93. The Labute approximate surface area is 87.7 Å². The number of carbonyl (C=O) groups is 1. The van der Waals surface area contributed by atoms with Crippen molar-refractivity contribution >= 4 is 5.97 Å². The summed E-state index contributed by atoms with van der Waals surface area (Å²) in [5.74, 6) is -0.663. The molecular weight excluding hydrogens is 176 g/mol. The number of unbranched alkanes of at least 4 members (excludes halogenated alkanes) is 8. The van der Waals surface area contributed by atoms with Crippen LogP contribution in [0.25, 0.3) is 0 Å². The Kier molecular flexibility index (Phi) is 10.2. The maximum atomic E-state index is 10.2. The van der Waals surface area contributed by atoms with Crippen LogP contribution in [-0.4, -0.2) is 11.1 Å². The van der Waals surface area contributed by atoms with Gasteiger partial charge < -0.3 is 5.11 Å². The van der Waals surface area contributed by atoms with Gasteiger partial charge in [0.25, 0.3) is 0 Å². The third kappa shape index (κ3) is 11.5. The summed E-state index contributed by atoms with van der Waals surface area (Å²) in [5.41, 5.74) is 0. The molecule has 0 rings (SSSR count). The largest absolute Gasteiger partial charge is 0.481 e. The Balaban J connectivity index is 2.88. The SMILES string of the molecule is C[CH]CCCCCCCCCC(=O)O. The molecule has 0 aromatic rings. The Hall–Kier alpha value is -0.530. The smallest absolute Gasteiger partial charge is 0.303 e. The topological polar surface area (TPSA) is 37.3 Å². The van der Waals surface area contributed by atoms with Gasteiger partial charge in [-0.1, -0.05) is 51.9 Å². The highest BCUT2D eigenvalue weighted by molar-refractivity contribution is 5.66. The van der Waals surface area contributed by atoms with Gasteiger partial charge in [0.15, 0.2) is 0 Å². The molecule has 0 fully saturated rings. The van der Waals surface area contributed by atoms with Crippen molar-refractivity contribution in [3.05, 3.63) is 6.42 Å². The van der Waals surface area contributed by atoms with Gasteiger partial charge in [-0.3, -0.25) is 4.79 Å². The standard InChI is InChI=1S/C12H23O2/c1-2-3-4-5-6-7-8-9-10-11-12(13)14/h2H,3-11H2,1H3,(H,13,14). The number of hydrogen-bond acceptors (Lipinski definition) is 1. The maximum Gasteiger partial charge on any atom is 0.303 e. The summed E-state index contributed by atoms with van der Waals surface area (Å²) in [5, 5.41) is 8.41. The average Bonchev–Trinajstić information content (AvgIpc) is 2.15. The Morgan fingerprint density at radius 2 is 1.50 bits per heavy atom. The van der Waals surface area contributed by atoms with E-state index in [1.54, 1.807) is 0 Å². The highest BCUT2D eigenvalue weighted by Crippen LogP contribution is 2.09. The highest BCUT2D eigenvalue weighted by Gasteiger charge is 1.96. The summed E-state index contributed by atoms with van der Waals surface area (Å²) >= 11 is 0. The van der Waals surface area contributed by atoms with Crippen LogP contribution in [0, 0.1) is 6.42 Å². The molecule has 1 N–H and O–H groups in total. The first-order valence-electron chi connectivity index (χ1n) is 5.77. The average molecular weight is 199 g/mol. The Bertz CT molecular complexity index is 132. The van der Waals surface area contributed by atoms with Gasteiger partial charge in [-0.15, -0.1) is 0 Å². The van der Waals surface area contributed by atoms with Crippen LogP contribution in [0.1, 0.15) is 64.7 Å². The Morgan fingerprint density at radius 3 is 2.00 bits per heavy atom. The van der Waals surface area contributed by atoms with Crippen molar-refractivity contribution in [2.24, 2.45) is 0 Å². The molecule has 0 saturated heterocycles. The van der Waals surface area contributed by atoms with Crippen molar-refractivity contribution < 1.29 is 9.90 Å². The van der Waals surface area contributed by atoms with Crippen molar-refractivity contribution in [3.63, 3.8) is 0 Å². The van der Waals surface area contributed by atoms with E-state index in [1.165, 1.54) is 38.5 Å². The monoisotopic (exact) mass is 199 g/mol. The fourth-order valence-corrected chi connectivity index (χ4v) is 1.51. The molecule has 0 amide bonds. The van der Waals surface area contributed by atoms with Crippen LogP contribution in [0.2, 0.25) is 0 Å². The van der Waals surface area contributed by atoms with Gasteiger partial charge in [0.2, 0.25) is 0 Å². The van der Waals surface area contributed by atoms with Gasteiger partial charge in [-0.25, -0.2) is 0 Å². The van der Waals surface area contributed by atoms with Crippen molar-refractivity contribution in [1.82, 2.24) is 0 Å². The molecule has 0 spiro atoms. The predicted octanol–water partition coefficient (Wildman–Crippen LogP) is 3.81. The second-order valence-corrected chi connectivity index (χ2v) is 3.82. The molecule has 2 heteroatoms. The maximum absolute atomic E-state index is 10.2. The minimum atomic E-state index is -0.663. The zero-order valence-corrected chi connectivity index (χ0v) is 9.30. The number of carboxylic acids is 1. The fraction of sp³-hybridized carbons (Fsp3) is 0.833. The first-order valence-corrected chi connectivity index (χ1v) is 5.77. The summed E-state index contributed by atoms with van der Waals surface area (Å²) in [6.07, 6.45) is 12.1. The van der Waals surface area contributed by atoms with Crippen molar-refractivity contribution in [3.8, 4) is 0 Å². The van der Waals surface area contributed by atoms with E-state index < -0.39 is 5.97 Å². The molecule has 0 aromatic heterocycles. The van der Waals surface area contributed by atoms with E-state index in [4.69, 9.17) is 5.11 Å². The minimum absolute atomic E-state index is 0.338. The van der Waals surface area contributed by atoms with Crippen LogP contribution in [0.4, 0.5) is 0 Å². The van der Waals surface area contributed by atoms with E-state index in [2.05, 4.69) is 13.3 Å². The summed E-state index contributed by atoms with van der Waals surface area (Å²) in [7, 11) is 0. The molecule has 0 heterocycles. The van der Waals surface area contributed by atoms with Crippen molar-refractivity contribution in [1.29, 1.82) is 0 Å². The lowest BCUT2D eigenvalue weighted by Gasteiger charge is -2.00. The van der Waals surface area contributed by atoms with Gasteiger partial charge in [0.05, 0.1) is 0 Å². The van der Waals surface area contributed by atoms with Gasteiger partial charge in [-0.2, -0.15) is 0 Å². The molecule has 0 aliphatic carbocycles. The van der Waals surface area contributed by atoms with Crippen LogP contribution < -0.4 is 0 Å². The van der Waals surface area contributed by atoms with Crippen LogP contribution >= 0.6 is 0 Å². The Morgan fingerprint density at radius 1 is 1.00 bits per heavy atom. The number of rotatable bonds is 10. The molecule has 0 aliphatic heterocycles. The van der Waals surface area contributed by atoms with E-state index in [-0.39, 0.29) is 0 Å². The van der Waals surface area contributed by atoms with Crippen molar-refractivity contribution in [2.75, 3.05) is 0 Å². The fourth-order valence-electron chi connectivity index (χ4n) is 1.51. The molecule has 0 aliphatic rings. The molecule has 1 radical (unpaired) electrons. The quantitative estimate of drug-likeness (QED) is 0.543.